The van der Waals surface area contributed by atoms with E-state index in [1.165, 1.54) is 0 Å². The van der Waals surface area contributed by atoms with Gasteiger partial charge < -0.3 is 19.3 Å². The third kappa shape index (κ3) is 3.59. The lowest BCUT2D eigenvalue weighted by atomic mass is 9.85. The van der Waals surface area contributed by atoms with Crippen LogP contribution in [0.1, 0.15) is 48.9 Å². The summed E-state index contributed by atoms with van der Waals surface area (Å²) < 4.78 is 11.1. The Balaban J connectivity index is 1.53. The van der Waals surface area contributed by atoms with Gasteiger partial charge in [0.2, 0.25) is 5.91 Å². The zero-order valence-corrected chi connectivity index (χ0v) is 19.5. The van der Waals surface area contributed by atoms with Gasteiger partial charge >= 0.3 is 6.03 Å². The molecule has 1 fully saturated rings. The average Bonchev–Trinajstić information content (AvgIpc) is 2.85. The first-order valence-corrected chi connectivity index (χ1v) is 11.7. The van der Waals surface area contributed by atoms with E-state index in [1.807, 2.05) is 40.1 Å². The Morgan fingerprint density at radius 2 is 1.79 bits per heavy atom. The number of urea groups is 1. The van der Waals surface area contributed by atoms with E-state index in [1.54, 1.807) is 19.1 Å². The van der Waals surface area contributed by atoms with E-state index in [0.717, 1.165) is 54.6 Å². The number of amides is 3. The van der Waals surface area contributed by atoms with Gasteiger partial charge in [-0.1, -0.05) is 18.2 Å². The molecule has 0 aliphatic carbocycles. The number of fused-ring (bicyclic) bond motifs is 5. The highest BCUT2D eigenvalue weighted by Crippen LogP contribution is 2.46. The van der Waals surface area contributed by atoms with Crippen molar-refractivity contribution in [3.05, 3.63) is 53.1 Å². The Morgan fingerprint density at radius 1 is 1.03 bits per heavy atom. The van der Waals surface area contributed by atoms with Crippen LogP contribution in [0.3, 0.4) is 0 Å². The van der Waals surface area contributed by atoms with Gasteiger partial charge in [-0.25, -0.2) is 4.79 Å². The molecule has 0 bridgehead atoms. The van der Waals surface area contributed by atoms with E-state index in [2.05, 4.69) is 13.0 Å². The predicted octanol–water partition coefficient (Wildman–Crippen LogP) is 3.99. The van der Waals surface area contributed by atoms with E-state index in [9.17, 15) is 9.59 Å². The topological polar surface area (TPSA) is 62.3 Å². The van der Waals surface area contributed by atoms with Crippen molar-refractivity contribution in [2.75, 3.05) is 38.8 Å². The number of anilines is 1. The number of hydrogen-bond donors (Lipinski definition) is 0. The number of carbonyl (C=O) groups is 2. The van der Waals surface area contributed by atoms with Gasteiger partial charge in [0.25, 0.3) is 0 Å². The number of hydrogen-bond acceptors (Lipinski definition) is 4. The highest BCUT2D eigenvalue weighted by atomic mass is 16.5. The van der Waals surface area contributed by atoms with Gasteiger partial charge in [0.15, 0.2) is 11.5 Å². The molecule has 7 nitrogen and oxygen atoms in total. The number of likely N-dealkylation sites (tertiary alicyclic amines) is 1. The molecule has 33 heavy (non-hydrogen) atoms. The second-order valence-electron chi connectivity index (χ2n) is 9.11. The van der Waals surface area contributed by atoms with Crippen LogP contribution >= 0.6 is 0 Å². The summed E-state index contributed by atoms with van der Waals surface area (Å²) in [4.78, 5) is 32.5. The van der Waals surface area contributed by atoms with E-state index in [-0.39, 0.29) is 30.6 Å². The zero-order valence-electron chi connectivity index (χ0n) is 19.5. The van der Waals surface area contributed by atoms with Gasteiger partial charge in [-0.15, -0.1) is 0 Å². The summed E-state index contributed by atoms with van der Waals surface area (Å²) in [6.07, 6.45) is 3.92. The molecule has 0 N–H and O–H groups in total. The molecule has 2 atom stereocenters. The zero-order chi connectivity index (χ0) is 23.1. The fourth-order valence-corrected chi connectivity index (χ4v) is 5.56. The van der Waals surface area contributed by atoms with E-state index in [0.29, 0.717) is 18.0 Å². The molecule has 2 aromatic rings. The van der Waals surface area contributed by atoms with Crippen LogP contribution in [0, 0.1) is 0 Å². The van der Waals surface area contributed by atoms with Gasteiger partial charge in [-0.3, -0.25) is 9.69 Å². The van der Waals surface area contributed by atoms with Crippen molar-refractivity contribution in [3.63, 3.8) is 0 Å². The Bertz CT molecular complexity index is 1090. The minimum Gasteiger partial charge on any atom is -0.493 e. The van der Waals surface area contributed by atoms with Crippen LogP contribution in [-0.4, -0.2) is 61.6 Å². The number of carbonyl (C=O) groups excluding carboxylic acids is 2. The van der Waals surface area contributed by atoms with E-state index >= 15 is 0 Å². The van der Waals surface area contributed by atoms with Crippen LogP contribution in [0.4, 0.5) is 10.5 Å². The van der Waals surface area contributed by atoms with Crippen LogP contribution in [-0.2, 0) is 11.2 Å². The van der Waals surface area contributed by atoms with Crippen LogP contribution in [0.2, 0.25) is 0 Å². The number of methoxy groups -OCH3 is 2. The number of piperidine rings is 1. The van der Waals surface area contributed by atoms with Crippen molar-refractivity contribution in [1.29, 1.82) is 0 Å². The normalized spacial score (nSPS) is 21.8. The molecule has 7 heteroatoms. The van der Waals surface area contributed by atoms with Crippen molar-refractivity contribution >= 4 is 17.6 Å². The quantitative estimate of drug-likeness (QED) is 0.708. The first-order valence-electron chi connectivity index (χ1n) is 11.7. The highest BCUT2D eigenvalue weighted by Gasteiger charge is 2.42. The largest absolute Gasteiger partial charge is 0.493 e. The molecule has 1 saturated heterocycles. The van der Waals surface area contributed by atoms with Crippen molar-refractivity contribution in [3.8, 4) is 11.5 Å². The average molecular weight is 450 g/mol. The van der Waals surface area contributed by atoms with Crippen LogP contribution < -0.4 is 14.4 Å². The number of rotatable bonds is 4. The smallest absolute Gasteiger partial charge is 0.325 e. The minimum atomic E-state index is -0.211. The van der Waals surface area contributed by atoms with Gasteiger partial charge in [0.1, 0.15) is 6.54 Å². The Morgan fingerprint density at radius 3 is 2.55 bits per heavy atom. The van der Waals surface area contributed by atoms with Gasteiger partial charge in [0.05, 0.1) is 25.9 Å². The molecule has 174 valence electrons. The molecule has 3 amide bonds. The van der Waals surface area contributed by atoms with E-state index < -0.39 is 0 Å². The SMILES string of the molecule is COc1cc2c(cc1OC)C1c3ccccc3N(CC(=O)N3CCCCC3C)C(=O)N1CC2. The second kappa shape index (κ2) is 8.61. The molecule has 0 aromatic heterocycles. The number of benzene rings is 2. The van der Waals surface area contributed by atoms with Gasteiger partial charge in [-0.2, -0.15) is 0 Å². The molecule has 3 heterocycles. The minimum absolute atomic E-state index is 0.0209. The maximum absolute atomic E-state index is 13.7. The molecule has 2 aromatic carbocycles. The van der Waals surface area contributed by atoms with Crippen LogP contribution in [0.15, 0.2) is 36.4 Å². The summed E-state index contributed by atoms with van der Waals surface area (Å²) >= 11 is 0. The standard InChI is InChI=1S/C26H31N3O4/c1-17-8-6-7-12-27(17)24(30)16-29-21-10-5-4-9-19(21)25-20-15-23(33-3)22(32-2)14-18(20)11-13-28(25)26(29)31/h4-5,9-10,14-15,17,25H,6-8,11-13,16H2,1-3H3. The Hall–Kier alpha value is -3.22. The summed E-state index contributed by atoms with van der Waals surface area (Å²) in [6, 6.07) is 11.8. The predicted molar refractivity (Wildman–Crippen MR) is 126 cm³/mol. The Kier molecular flexibility index (Phi) is 5.64. The molecule has 3 aliphatic heterocycles. The summed E-state index contributed by atoms with van der Waals surface area (Å²) in [6.45, 7) is 3.53. The first-order chi connectivity index (χ1) is 16.0. The third-order valence-corrected chi connectivity index (χ3v) is 7.29. The summed E-state index contributed by atoms with van der Waals surface area (Å²) in [7, 11) is 3.26. The lowest BCUT2D eigenvalue weighted by Crippen LogP contribution is -2.55. The van der Waals surface area contributed by atoms with Crippen LogP contribution in [0.5, 0.6) is 11.5 Å². The lowest BCUT2D eigenvalue weighted by molar-refractivity contribution is -0.132. The number of para-hydroxylation sites is 1. The molecular formula is C26H31N3O4. The van der Waals surface area contributed by atoms with Crippen molar-refractivity contribution in [2.24, 2.45) is 0 Å². The second-order valence-corrected chi connectivity index (χ2v) is 9.11. The molecule has 5 rings (SSSR count). The van der Waals surface area contributed by atoms with Crippen molar-refractivity contribution < 1.29 is 19.1 Å². The molecule has 0 spiro atoms. The fourth-order valence-electron chi connectivity index (χ4n) is 5.56. The van der Waals surface area contributed by atoms with Crippen molar-refractivity contribution in [2.45, 2.75) is 44.7 Å². The fraction of sp³-hybridized carbons (Fsp3) is 0.462. The highest BCUT2D eigenvalue weighted by molar-refractivity contribution is 6.01. The lowest BCUT2D eigenvalue weighted by Gasteiger charge is -2.46. The summed E-state index contributed by atoms with van der Waals surface area (Å²) in [5.41, 5.74) is 4.05. The summed E-state index contributed by atoms with van der Waals surface area (Å²) in [5.74, 6) is 1.37. The maximum atomic E-state index is 13.7. The molecule has 0 radical (unpaired) electrons. The van der Waals surface area contributed by atoms with Gasteiger partial charge in [-0.05, 0) is 61.9 Å². The van der Waals surface area contributed by atoms with Crippen LogP contribution in [0.25, 0.3) is 0 Å². The summed E-state index contributed by atoms with van der Waals surface area (Å²) in [5, 5.41) is 0. The van der Waals surface area contributed by atoms with Crippen molar-refractivity contribution in [1.82, 2.24) is 9.80 Å². The third-order valence-electron chi connectivity index (χ3n) is 7.29. The Labute approximate surface area is 194 Å². The first kappa shape index (κ1) is 21.6. The number of nitrogens with zero attached hydrogens (tertiary/aromatic N) is 3. The maximum Gasteiger partial charge on any atom is 0.325 e. The number of ether oxygens (including phenoxy) is 2. The monoisotopic (exact) mass is 449 g/mol. The van der Waals surface area contributed by atoms with Gasteiger partial charge in [0, 0.05) is 24.7 Å². The molecular weight excluding hydrogens is 418 g/mol. The molecule has 0 saturated carbocycles. The molecule has 3 aliphatic rings. The molecule has 2 unspecified atom stereocenters. The van der Waals surface area contributed by atoms with E-state index in [4.69, 9.17) is 9.47 Å².